The van der Waals surface area contributed by atoms with E-state index in [9.17, 15) is 0 Å². The van der Waals surface area contributed by atoms with Crippen molar-refractivity contribution < 1.29 is 4.74 Å². The van der Waals surface area contributed by atoms with Gasteiger partial charge < -0.3 is 4.74 Å². The van der Waals surface area contributed by atoms with Gasteiger partial charge in [-0.2, -0.15) is 5.10 Å². The summed E-state index contributed by atoms with van der Waals surface area (Å²) in [4.78, 5) is 4.33. The number of hydrogen-bond donors (Lipinski definition) is 0. The molecule has 4 nitrogen and oxygen atoms in total. The van der Waals surface area contributed by atoms with Crippen LogP contribution in [0, 0.1) is 3.57 Å². The van der Waals surface area contributed by atoms with Crippen molar-refractivity contribution in [2.75, 3.05) is 6.61 Å². The number of nitrogens with zero attached hydrogens (tertiary/aromatic N) is 3. The molecule has 0 unspecified atom stereocenters. The monoisotopic (exact) mass is 477 g/mol. The second-order valence-corrected chi connectivity index (χ2v) is 14.3. The predicted molar refractivity (Wildman–Crippen MR) is 120 cm³/mol. The first-order valence-electron chi connectivity index (χ1n) is 8.75. The Morgan fingerprint density at radius 1 is 1.15 bits per heavy atom. The number of rotatable bonds is 7. The molecule has 0 radical (unpaired) electrons. The van der Waals surface area contributed by atoms with Crippen LogP contribution >= 0.6 is 22.6 Å². The van der Waals surface area contributed by atoms with Gasteiger partial charge in [-0.15, -0.1) is 0 Å². The number of benzene rings is 1. The lowest BCUT2D eigenvalue weighted by Gasteiger charge is -2.15. The van der Waals surface area contributed by atoms with Crippen LogP contribution in [0.4, 0.5) is 0 Å². The van der Waals surface area contributed by atoms with Gasteiger partial charge in [0.05, 0.1) is 16.9 Å². The first-order chi connectivity index (χ1) is 12.4. The molecule has 6 heteroatoms. The molecule has 3 rings (SSSR count). The third-order valence-electron chi connectivity index (χ3n) is 4.05. The van der Waals surface area contributed by atoms with Crippen molar-refractivity contribution in [3.63, 3.8) is 0 Å². The maximum Gasteiger partial charge on any atom is 0.140 e. The van der Waals surface area contributed by atoms with Gasteiger partial charge in [0.1, 0.15) is 6.73 Å². The van der Waals surface area contributed by atoms with Crippen LogP contribution in [0.1, 0.15) is 11.4 Å². The minimum absolute atomic E-state index is 0.485. The van der Waals surface area contributed by atoms with Crippen molar-refractivity contribution in [1.82, 2.24) is 14.8 Å². The van der Waals surface area contributed by atoms with Crippen LogP contribution in [-0.4, -0.2) is 29.4 Å². The van der Waals surface area contributed by atoms with E-state index >= 15 is 0 Å². The summed E-state index contributed by atoms with van der Waals surface area (Å²) in [6.07, 6.45) is 5.82. The third-order valence-corrected chi connectivity index (χ3v) is 6.43. The third kappa shape index (κ3) is 5.25. The molecule has 1 aromatic carbocycles. The van der Waals surface area contributed by atoms with E-state index < -0.39 is 8.07 Å². The fraction of sp³-hybridized carbons (Fsp3) is 0.300. The summed E-state index contributed by atoms with van der Waals surface area (Å²) in [6, 6.07) is 13.4. The first kappa shape index (κ1) is 19.3. The quantitative estimate of drug-likeness (QED) is 0.256. The number of aromatic nitrogens is 3. The van der Waals surface area contributed by atoms with Crippen LogP contribution in [0.25, 0.3) is 23.1 Å². The highest BCUT2D eigenvalue weighted by Gasteiger charge is 2.13. The van der Waals surface area contributed by atoms with Crippen LogP contribution < -0.4 is 0 Å². The highest BCUT2D eigenvalue weighted by molar-refractivity contribution is 14.1. The molecule has 3 aromatic rings. The molecule has 0 aliphatic carbocycles. The Balaban J connectivity index is 1.82. The predicted octanol–water partition coefficient (Wildman–Crippen LogP) is 5.52. The van der Waals surface area contributed by atoms with E-state index in [1.54, 1.807) is 6.20 Å². The van der Waals surface area contributed by atoms with Crippen LogP contribution in [-0.2, 0) is 11.5 Å². The van der Waals surface area contributed by atoms with Gasteiger partial charge in [0.2, 0.25) is 0 Å². The molecule has 0 saturated carbocycles. The fourth-order valence-corrected chi connectivity index (χ4v) is 3.79. The van der Waals surface area contributed by atoms with Gasteiger partial charge in [0.15, 0.2) is 0 Å². The summed E-state index contributed by atoms with van der Waals surface area (Å²) in [5, 5.41) is 5.90. The summed E-state index contributed by atoms with van der Waals surface area (Å²) >= 11 is 2.34. The van der Waals surface area contributed by atoms with Gasteiger partial charge in [0.25, 0.3) is 0 Å². The van der Waals surface area contributed by atoms with Crippen molar-refractivity contribution in [2.45, 2.75) is 32.4 Å². The second kappa shape index (κ2) is 8.45. The van der Waals surface area contributed by atoms with E-state index in [0.717, 1.165) is 34.9 Å². The Labute approximate surface area is 169 Å². The van der Waals surface area contributed by atoms with Gasteiger partial charge in [-0.05, 0) is 71.1 Å². The number of hydrogen-bond acceptors (Lipinski definition) is 3. The van der Waals surface area contributed by atoms with E-state index in [4.69, 9.17) is 9.84 Å². The Hall–Kier alpha value is -1.51. The average molecular weight is 477 g/mol. The van der Waals surface area contributed by atoms with Crippen LogP contribution in [0.5, 0.6) is 0 Å². The first-order valence-corrected chi connectivity index (χ1v) is 13.5. The molecular weight excluding hydrogens is 453 g/mol. The summed E-state index contributed by atoms with van der Waals surface area (Å²) < 4.78 is 9.07. The zero-order valence-electron chi connectivity index (χ0n) is 15.4. The van der Waals surface area contributed by atoms with Crippen LogP contribution in [0.2, 0.25) is 25.7 Å². The number of fused-ring (bicyclic) bond motifs is 1. The maximum atomic E-state index is 5.92. The molecular formula is C20H24IN3OSi. The Morgan fingerprint density at radius 2 is 2.00 bits per heavy atom. The standard InChI is InChI=1S/C20H24IN3OSi/c1-26(2,3)13-12-25-15-24-20-14-16(21)7-9-18(20)19(23-24)10-8-17-6-4-5-11-22-17/h4-11,14H,12-13,15H2,1-3H3/b10-8+. The van der Waals surface area contributed by atoms with E-state index in [2.05, 4.69) is 65.4 Å². The topological polar surface area (TPSA) is 39.9 Å². The average Bonchev–Trinajstić information content (AvgIpc) is 2.94. The summed E-state index contributed by atoms with van der Waals surface area (Å²) in [6.45, 7) is 8.37. The van der Waals surface area contributed by atoms with Crippen molar-refractivity contribution in [1.29, 1.82) is 0 Å². The summed E-state index contributed by atoms with van der Waals surface area (Å²) in [7, 11) is -1.08. The molecule has 0 saturated heterocycles. The molecule has 2 heterocycles. The Kier molecular flexibility index (Phi) is 6.26. The number of ether oxygens (including phenoxy) is 1. The molecule has 136 valence electrons. The maximum absolute atomic E-state index is 5.92. The minimum Gasteiger partial charge on any atom is -0.360 e. The molecule has 0 amide bonds. The lowest BCUT2D eigenvalue weighted by molar-refractivity contribution is 0.0816. The van der Waals surface area contributed by atoms with Crippen molar-refractivity contribution in [2.24, 2.45) is 0 Å². The van der Waals surface area contributed by atoms with E-state index in [1.165, 1.54) is 3.57 Å². The van der Waals surface area contributed by atoms with E-state index in [-0.39, 0.29) is 0 Å². The van der Waals surface area contributed by atoms with Crippen LogP contribution in [0.15, 0.2) is 42.6 Å². The highest BCUT2D eigenvalue weighted by Crippen LogP contribution is 2.23. The van der Waals surface area contributed by atoms with Crippen molar-refractivity contribution in [3.05, 3.63) is 57.6 Å². The molecule has 0 bridgehead atoms. The lowest BCUT2D eigenvalue weighted by atomic mass is 10.2. The molecule has 0 N–H and O–H groups in total. The molecule has 2 aromatic heterocycles. The SMILES string of the molecule is C[Si](C)(C)CCOCn1nc(/C=C/c2ccccn2)c2ccc(I)cc21. The summed E-state index contributed by atoms with van der Waals surface area (Å²) in [5.41, 5.74) is 2.97. The summed E-state index contributed by atoms with van der Waals surface area (Å²) in [5.74, 6) is 0. The normalized spacial score (nSPS) is 12.3. The molecule has 0 atom stereocenters. The molecule has 0 fully saturated rings. The lowest BCUT2D eigenvalue weighted by Crippen LogP contribution is -2.22. The second-order valence-electron chi connectivity index (χ2n) is 7.48. The van der Waals surface area contributed by atoms with Gasteiger partial charge in [-0.3, -0.25) is 4.98 Å². The highest BCUT2D eigenvalue weighted by atomic mass is 127. The van der Waals surface area contributed by atoms with Gasteiger partial charge in [0, 0.05) is 29.8 Å². The van der Waals surface area contributed by atoms with Crippen LogP contribution in [0.3, 0.4) is 0 Å². The van der Waals surface area contributed by atoms with Gasteiger partial charge >= 0.3 is 0 Å². The zero-order valence-corrected chi connectivity index (χ0v) is 18.6. The van der Waals surface area contributed by atoms with Crippen molar-refractivity contribution >= 4 is 53.7 Å². The Morgan fingerprint density at radius 3 is 2.73 bits per heavy atom. The van der Waals surface area contributed by atoms with E-state index in [1.807, 2.05) is 35.0 Å². The number of halogens is 1. The smallest absolute Gasteiger partial charge is 0.140 e. The molecule has 0 spiro atoms. The van der Waals surface area contributed by atoms with Gasteiger partial charge in [-0.25, -0.2) is 4.68 Å². The largest absolute Gasteiger partial charge is 0.360 e. The van der Waals surface area contributed by atoms with Gasteiger partial charge in [-0.1, -0.05) is 25.7 Å². The minimum atomic E-state index is -1.08. The van der Waals surface area contributed by atoms with E-state index in [0.29, 0.717) is 6.73 Å². The number of pyridine rings is 1. The fourth-order valence-electron chi connectivity index (χ4n) is 2.56. The Bertz CT molecular complexity index is 901. The van der Waals surface area contributed by atoms with Crippen molar-refractivity contribution in [3.8, 4) is 0 Å². The zero-order chi connectivity index (χ0) is 18.6. The molecule has 0 aliphatic heterocycles. The molecule has 26 heavy (non-hydrogen) atoms. The molecule has 0 aliphatic rings.